The molecule has 2 atom stereocenters. The van der Waals surface area contributed by atoms with Crippen molar-refractivity contribution < 1.29 is 31.5 Å². The fourth-order valence-corrected chi connectivity index (χ4v) is 5.34. The second-order valence-electron chi connectivity index (χ2n) is 8.99. The monoisotopic (exact) mass is 519 g/mol. The molecule has 1 fully saturated rings. The summed E-state index contributed by atoms with van der Waals surface area (Å²) in [4.78, 5) is 12.6. The summed E-state index contributed by atoms with van der Waals surface area (Å²) in [5.41, 5.74) is 1.91. The number of Topliss-reactive ketones (excluding diaryl/α,β-unsaturated/α-hetero) is 1. The van der Waals surface area contributed by atoms with E-state index in [0.717, 1.165) is 12.0 Å². The van der Waals surface area contributed by atoms with E-state index in [2.05, 4.69) is 14.6 Å². The number of nitrogens with one attached hydrogen (secondary N) is 1. The van der Waals surface area contributed by atoms with Gasteiger partial charge in [0.25, 0.3) is 10.0 Å². The number of aromatic nitrogens is 2. The number of hydrogen-bond acceptors (Lipinski definition) is 6. The van der Waals surface area contributed by atoms with E-state index in [1.807, 2.05) is 0 Å². The molecule has 1 heterocycles. The van der Waals surface area contributed by atoms with Crippen LogP contribution in [0.2, 0.25) is 0 Å². The van der Waals surface area contributed by atoms with Crippen LogP contribution in [0.1, 0.15) is 35.0 Å². The number of alkyl halides is 2. The number of nitrogens with zero attached hydrogens (tertiary/aromatic N) is 2. The third-order valence-corrected chi connectivity index (χ3v) is 7.50. The van der Waals surface area contributed by atoms with Gasteiger partial charge in [-0.05, 0) is 61.1 Å². The Hall–Kier alpha value is -3.47. The molecule has 0 saturated heterocycles. The van der Waals surface area contributed by atoms with E-state index in [1.165, 1.54) is 31.4 Å². The number of ketones is 1. The lowest BCUT2D eigenvalue weighted by Crippen LogP contribution is -2.20. The number of sulfonamides is 1. The van der Waals surface area contributed by atoms with Crippen LogP contribution in [0, 0.1) is 18.8 Å². The molecule has 11 heteroatoms. The van der Waals surface area contributed by atoms with Gasteiger partial charge < -0.3 is 9.47 Å². The summed E-state index contributed by atoms with van der Waals surface area (Å²) in [6.07, 6.45) is -0.471. The molecular formula is C25H27F2N3O5S. The first-order chi connectivity index (χ1) is 16.9. The molecule has 3 aromatic rings. The van der Waals surface area contributed by atoms with Gasteiger partial charge in [-0.25, -0.2) is 8.42 Å². The molecule has 0 spiro atoms. The fourth-order valence-electron chi connectivity index (χ4n) is 4.14. The van der Waals surface area contributed by atoms with Gasteiger partial charge in [-0.15, -0.1) is 0 Å². The highest BCUT2D eigenvalue weighted by Gasteiger charge is 2.43. The molecule has 1 aliphatic rings. The van der Waals surface area contributed by atoms with Crippen LogP contribution < -0.4 is 14.2 Å². The quantitative estimate of drug-likeness (QED) is 0.394. The molecule has 2 aromatic carbocycles. The largest absolute Gasteiger partial charge is 0.495 e. The first-order valence-electron chi connectivity index (χ1n) is 11.3. The smallest absolute Gasteiger partial charge is 0.394 e. The van der Waals surface area contributed by atoms with Crippen LogP contribution >= 0.6 is 0 Å². The topological polar surface area (TPSA) is 99.5 Å². The summed E-state index contributed by atoms with van der Waals surface area (Å²) in [6, 6.07) is 10.6. The van der Waals surface area contributed by atoms with Gasteiger partial charge in [0.05, 0.1) is 12.8 Å². The van der Waals surface area contributed by atoms with Gasteiger partial charge in [-0.1, -0.05) is 12.1 Å². The molecule has 0 aliphatic heterocycles. The first-order valence-corrected chi connectivity index (χ1v) is 12.8. The van der Waals surface area contributed by atoms with Crippen molar-refractivity contribution in [1.29, 1.82) is 0 Å². The minimum Gasteiger partial charge on any atom is -0.495 e. The molecule has 192 valence electrons. The lowest BCUT2D eigenvalue weighted by atomic mass is 10.1. The molecule has 1 aromatic heterocycles. The minimum atomic E-state index is -4.10. The van der Waals surface area contributed by atoms with Gasteiger partial charge in [0.1, 0.15) is 22.1 Å². The van der Waals surface area contributed by atoms with Crippen molar-refractivity contribution in [2.45, 2.75) is 37.7 Å². The summed E-state index contributed by atoms with van der Waals surface area (Å²) >= 11 is 0. The summed E-state index contributed by atoms with van der Waals surface area (Å²) in [5, 5.41) is 4.04. The number of rotatable bonds is 10. The Balaban J connectivity index is 1.49. The van der Waals surface area contributed by atoms with Gasteiger partial charge in [0.15, 0.2) is 5.78 Å². The number of hydrogen-bond donors (Lipinski definition) is 1. The third-order valence-electron chi connectivity index (χ3n) is 6.08. The predicted octanol–water partition coefficient (Wildman–Crippen LogP) is 4.59. The van der Waals surface area contributed by atoms with E-state index in [4.69, 9.17) is 4.74 Å². The van der Waals surface area contributed by atoms with E-state index in [0.29, 0.717) is 24.6 Å². The van der Waals surface area contributed by atoms with Gasteiger partial charge in [-0.3, -0.25) is 14.2 Å². The number of ether oxygens (including phenoxy) is 2. The molecule has 1 aliphatic carbocycles. The maximum atomic E-state index is 13.3. The maximum Gasteiger partial charge on any atom is 0.394 e. The van der Waals surface area contributed by atoms with Crippen molar-refractivity contribution in [2.24, 2.45) is 18.9 Å². The Morgan fingerprint density at radius 2 is 1.94 bits per heavy atom. The lowest BCUT2D eigenvalue weighted by molar-refractivity contribution is -0.159. The summed E-state index contributed by atoms with van der Waals surface area (Å²) in [7, 11) is -1.00. The Bertz CT molecular complexity index is 1400. The third kappa shape index (κ3) is 5.67. The normalized spacial score (nSPS) is 17.5. The number of anilines is 1. The number of halogens is 2. The van der Waals surface area contributed by atoms with Gasteiger partial charge in [-0.2, -0.15) is 13.9 Å². The van der Waals surface area contributed by atoms with Crippen LogP contribution in [0.3, 0.4) is 0 Å². The lowest BCUT2D eigenvalue weighted by Gasteiger charge is -2.17. The van der Waals surface area contributed by atoms with Crippen LogP contribution in [0.5, 0.6) is 11.5 Å². The zero-order valence-corrected chi connectivity index (χ0v) is 21.1. The molecule has 0 bridgehead atoms. The Morgan fingerprint density at radius 1 is 1.19 bits per heavy atom. The van der Waals surface area contributed by atoms with E-state index in [1.54, 1.807) is 43.0 Å². The fraction of sp³-hybridized carbons (Fsp3) is 0.360. The van der Waals surface area contributed by atoms with Gasteiger partial charge in [0, 0.05) is 32.2 Å². The minimum absolute atomic E-state index is 0.0534. The zero-order chi connectivity index (χ0) is 26.3. The van der Waals surface area contributed by atoms with Crippen molar-refractivity contribution in [2.75, 3.05) is 11.8 Å². The summed E-state index contributed by atoms with van der Waals surface area (Å²) in [5.74, 6) is 0.117. The van der Waals surface area contributed by atoms with Crippen molar-refractivity contribution in [3.05, 3.63) is 65.5 Å². The first kappa shape index (κ1) is 25.6. The average Bonchev–Trinajstić information content (AvgIpc) is 3.42. The molecule has 4 rings (SSSR count). The molecule has 0 radical (unpaired) electrons. The molecule has 2 unspecified atom stereocenters. The highest BCUT2D eigenvalue weighted by molar-refractivity contribution is 7.92. The van der Waals surface area contributed by atoms with E-state index in [-0.39, 0.29) is 39.7 Å². The van der Waals surface area contributed by atoms with Crippen molar-refractivity contribution in [1.82, 2.24) is 9.78 Å². The van der Waals surface area contributed by atoms with Crippen molar-refractivity contribution in [3.8, 4) is 11.5 Å². The van der Waals surface area contributed by atoms with Gasteiger partial charge in [0.2, 0.25) is 0 Å². The summed E-state index contributed by atoms with van der Waals surface area (Å²) in [6.45, 7) is 2.18. The second kappa shape index (κ2) is 9.53. The number of methoxy groups -OCH3 is 1. The molecule has 36 heavy (non-hydrogen) atoms. The van der Waals surface area contributed by atoms with Crippen LogP contribution in [0.15, 0.2) is 53.6 Å². The number of carbonyl (C=O) groups excluding carboxylic acids is 1. The molecule has 8 nitrogen and oxygen atoms in total. The average molecular weight is 520 g/mol. The van der Waals surface area contributed by atoms with Crippen molar-refractivity contribution in [3.63, 3.8) is 0 Å². The van der Waals surface area contributed by atoms with Crippen LogP contribution in [0.25, 0.3) is 0 Å². The highest BCUT2D eigenvalue weighted by Crippen LogP contribution is 2.44. The Kier molecular flexibility index (Phi) is 6.78. The van der Waals surface area contributed by atoms with Crippen LogP contribution in [0.4, 0.5) is 14.5 Å². The Morgan fingerprint density at radius 3 is 2.58 bits per heavy atom. The molecule has 1 N–H and O–H groups in total. The Labute approximate surface area is 208 Å². The number of benzene rings is 2. The number of aryl methyl sites for hydroxylation is 2. The second-order valence-corrected chi connectivity index (χ2v) is 10.6. The molecule has 0 amide bonds. The zero-order valence-electron chi connectivity index (χ0n) is 20.3. The van der Waals surface area contributed by atoms with Crippen molar-refractivity contribution >= 4 is 21.5 Å². The van der Waals surface area contributed by atoms with E-state index < -0.39 is 16.1 Å². The molecule has 1 saturated carbocycles. The predicted molar refractivity (Wildman–Crippen MR) is 129 cm³/mol. The van der Waals surface area contributed by atoms with Gasteiger partial charge >= 0.3 is 6.11 Å². The molecular weight excluding hydrogens is 492 g/mol. The van der Waals surface area contributed by atoms with Crippen LogP contribution in [-0.4, -0.2) is 37.2 Å². The number of carbonyl (C=O) groups is 1. The van der Waals surface area contributed by atoms with E-state index >= 15 is 0 Å². The SMILES string of the molecule is COc1cc(CC2CC2C(=O)c2ccnn2C)ccc1S(=O)(=O)Nc1ccc(C)c(OC(C)(F)F)c1. The highest BCUT2D eigenvalue weighted by atomic mass is 32.2. The maximum absolute atomic E-state index is 13.3. The standard InChI is InChI=1S/C25H27F2N3O5S/c1-15-5-7-18(14-21(15)35-25(2,26)27)29-36(32,33)23-8-6-16(12-22(23)34-4)11-17-13-19(17)24(31)20-9-10-28-30(20)3/h5-10,12,14,17,19,29H,11,13H2,1-4H3. The summed E-state index contributed by atoms with van der Waals surface area (Å²) < 4.78 is 66.7. The van der Waals surface area contributed by atoms with E-state index in [9.17, 15) is 22.0 Å². The van der Waals surface area contributed by atoms with Crippen LogP contribution in [-0.2, 0) is 23.5 Å².